The molecule has 0 saturated heterocycles. The van der Waals surface area contributed by atoms with E-state index in [1.807, 2.05) is 6.33 Å². The molecule has 0 spiro atoms. The smallest absolute Gasteiger partial charge is 0.287 e. The van der Waals surface area contributed by atoms with E-state index in [0.717, 1.165) is 16.5 Å². The van der Waals surface area contributed by atoms with E-state index in [4.69, 9.17) is 9.40 Å². The second-order valence-corrected chi connectivity index (χ2v) is 7.67. The average Bonchev–Trinajstić information content (AvgIpc) is 3.31. The third-order valence-electron chi connectivity index (χ3n) is 6.17. The first kappa shape index (κ1) is 14.4. The van der Waals surface area contributed by atoms with Crippen molar-refractivity contribution < 1.29 is 8.98 Å². The molecule has 0 atom stereocenters. The van der Waals surface area contributed by atoms with Gasteiger partial charge in [0, 0.05) is 16.2 Å². The molecular formula is C24H16N3O+. The van der Waals surface area contributed by atoms with E-state index in [0.29, 0.717) is 0 Å². The molecule has 0 bridgehead atoms. The molecule has 0 radical (unpaired) electrons. The molecule has 3 aromatic carbocycles. The zero-order chi connectivity index (χ0) is 18.6. The Balaban J connectivity index is 2.06. The maximum Gasteiger partial charge on any atom is 0.287 e. The third-order valence-corrected chi connectivity index (χ3v) is 6.17. The first-order valence-electron chi connectivity index (χ1n) is 9.46. The molecule has 4 heteroatoms. The van der Waals surface area contributed by atoms with Gasteiger partial charge in [-0.3, -0.25) is 0 Å². The number of nitrogens with zero attached hydrogens (tertiary/aromatic N) is 3. The Labute approximate surface area is 159 Å². The minimum atomic E-state index is 0.917. The summed E-state index contributed by atoms with van der Waals surface area (Å²) in [4.78, 5) is 4.83. The van der Waals surface area contributed by atoms with Crippen LogP contribution in [0.25, 0.3) is 60.1 Å². The van der Waals surface area contributed by atoms with Crippen LogP contribution < -0.4 is 4.57 Å². The van der Waals surface area contributed by atoms with Crippen LogP contribution >= 0.6 is 0 Å². The molecule has 0 aliphatic rings. The molecule has 7 aromatic rings. The lowest BCUT2D eigenvalue weighted by Crippen LogP contribution is -2.30. The molecule has 4 nitrogen and oxygen atoms in total. The van der Waals surface area contributed by atoms with Crippen molar-refractivity contribution in [3.8, 4) is 0 Å². The maximum absolute atomic E-state index is 5.82. The number of benzene rings is 3. The predicted octanol–water partition coefficient (Wildman–Crippen LogP) is 5.26. The van der Waals surface area contributed by atoms with Gasteiger partial charge in [0.15, 0.2) is 5.52 Å². The molecule has 0 saturated carbocycles. The number of rotatable bonds is 0. The SMILES string of the molecule is Cc1ccc2cc3occc3c3c2c1c1c2c(nc[n+]1C)c1ccccc1n32. The Hall–Kier alpha value is -3.66. The van der Waals surface area contributed by atoms with Crippen molar-refractivity contribution >= 4 is 60.1 Å². The van der Waals surface area contributed by atoms with Gasteiger partial charge in [-0.2, -0.15) is 0 Å². The lowest BCUT2D eigenvalue weighted by atomic mass is 9.97. The van der Waals surface area contributed by atoms with Gasteiger partial charge < -0.3 is 8.82 Å². The fraction of sp³-hybridized carbons (Fsp3) is 0.0833. The van der Waals surface area contributed by atoms with Crippen molar-refractivity contribution in [1.82, 2.24) is 9.38 Å². The third kappa shape index (κ3) is 1.46. The Morgan fingerprint density at radius 2 is 1.86 bits per heavy atom. The molecule has 0 aliphatic carbocycles. The number of para-hydroxylation sites is 1. The summed E-state index contributed by atoms with van der Waals surface area (Å²) in [6.45, 7) is 2.20. The van der Waals surface area contributed by atoms with Gasteiger partial charge in [-0.15, -0.1) is 0 Å². The van der Waals surface area contributed by atoms with E-state index in [1.54, 1.807) is 6.26 Å². The molecule has 4 aromatic heterocycles. The first-order chi connectivity index (χ1) is 13.7. The zero-order valence-electron chi connectivity index (χ0n) is 15.5. The molecule has 0 N–H and O–H groups in total. The number of fused-ring (bicyclic) bond motifs is 7. The number of aryl methyl sites for hydroxylation is 2. The monoisotopic (exact) mass is 362 g/mol. The van der Waals surface area contributed by atoms with E-state index in [-0.39, 0.29) is 0 Å². The van der Waals surface area contributed by atoms with Gasteiger partial charge in [0.05, 0.1) is 29.7 Å². The summed E-state index contributed by atoms with van der Waals surface area (Å²) >= 11 is 0. The molecule has 0 amide bonds. The van der Waals surface area contributed by atoms with E-state index >= 15 is 0 Å². The highest BCUT2D eigenvalue weighted by Crippen LogP contribution is 2.42. The molecule has 132 valence electrons. The van der Waals surface area contributed by atoms with Crippen molar-refractivity contribution in [2.24, 2.45) is 7.05 Å². The van der Waals surface area contributed by atoms with Gasteiger partial charge in [0.25, 0.3) is 6.33 Å². The summed E-state index contributed by atoms with van der Waals surface area (Å²) in [5, 5.41) is 6.09. The van der Waals surface area contributed by atoms with Crippen molar-refractivity contribution in [3.63, 3.8) is 0 Å². The Morgan fingerprint density at radius 1 is 0.964 bits per heavy atom. The van der Waals surface area contributed by atoms with Crippen LogP contribution in [0.5, 0.6) is 0 Å². The van der Waals surface area contributed by atoms with Gasteiger partial charge in [0.2, 0.25) is 5.52 Å². The fourth-order valence-corrected chi connectivity index (χ4v) is 5.01. The molecule has 4 heterocycles. The van der Waals surface area contributed by atoms with Gasteiger partial charge >= 0.3 is 0 Å². The van der Waals surface area contributed by atoms with Crippen molar-refractivity contribution in [2.75, 3.05) is 0 Å². The van der Waals surface area contributed by atoms with E-state index < -0.39 is 0 Å². The second kappa shape index (κ2) is 4.60. The van der Waals surface area contributed by atoms with Crippen LogP contribution in [0.1, 0.15) is 5.56 Å². The van der Waals surface area contributed by atoms with Crippen LogP contribution in [0.4, 0.5) is 0 Å². The Bertz CT molecular complexity index is 1730. The minimum Gasteiger partial charge on any atom is -0.464 e. The highest BCUT2D eigenvalue weighted by atomic mass is 16.3. The Kier molecular flexibility index (Phi) is 2.36. The average molecular weight is 362 g/mol. The largest absolute Gasteiger partial charge is 0.464 e. The van der Waals surface area contributed by atoms with Crippen LogP contribution in [0, 0.1) is 6.92 Å². The fourth-order valence-electron chi connectivity index (χ4n) is 5.01. The van der Waals surface area contributed by atoms with Crippen LogP contribution in [-0.2, 0) is 7.05 Å². The molecular weight excluding hydrogens is 346 g/mol. The summed E-state index contributed by atoms with van der Waals surface area (Å²) in [7, 11) is 2.09. The summed E-state index contributed by atoms with van der Waals surface area (Å²) in [6, 6.07) is 17.2. The summed E-state index contributed by atoms with van der Waals surface area (Å²) in [6.07, 6.45) is 3.72. The second-order valence-electron chi connectivity index (χ2n) is 7.67. The van der Waals surface area contributed by atoms with Crippen LogP contribution in [0.15, 0.2) is 65.5 Å². The first-order valence-corrected chi connectivity index (χ1v) is 9.46. The maximum atomic E-state index is 5.82. The molecule has 0 aliphatic heterocycles. The van der Waals surface area contributed by atoms with Crippen LogP contribution in [0.3, 0.4) is 0 Å². The molecule has 28 heavy (non-hydrogen) atoms. The highest BCUT2D eigenvalue weighted by Gasteiger charge is 2.26. The van der Waals surface area contributed by atoms with Crippen molar-refractivity contribution in [3.05, 3.63) is 66.7 Å². The van der Waals surface area contributed by atoms with Crippen LogP contribution in [-0.4, -0.2) is 9.38 Å². The number of furan rings is 1. The number of hydrogen-bond donors (Lipinski definition) is 0. The van der Waals surface area contributed by atoms with Gasteiger partial charge in [-0.1, -0.05) is 24.3 Å². The molecule has 0 unspecified atom stereocenters. The zero-order valence-corrected chi connectivity index (χ0v) is 15.5. The van der Waals surface area contributed by atoms with Gasteiger partial charge in [0.1, 0.15) is 11.1 Å². The van der Waals surface area contributed by atoms with Crippen molar-refractivity contribution in [2.45, 2.75) is 6.92 Å². The van der Waals surface area contributed by atoms with E-state index in [2.05, 4.69) is 71.5 Å². The van der Waals surface area contributed by atoms with E-state index in [1.165, 1.54) is 49.2 Å². The highest BCUT2D eigenvalue weighted by molar-refractivity contribution is 6.29. The number of pyridine rings is 1. The quantitative estimate of drug-likeness (QED) is 0.209. The lowest BCUT2D eigenvalue weighted by Gasteiger charge is -2.14. The van der Waals surface area contributed by atoms with E-state index in [9.17, 15) is 0 Å². The summed E-state index contributed by atoms with van der Waals surface area (Å²) in [5.41, 5.74) is 8.01. The van der Waals surface area contributed by atoms with Gasteiger partial charge in [-0.25, -0.2) is 4.57 Å². The van der Waals surface area contributed by atoms with Crippen LogP contribution in [0.2, 0.25) is 0 Å². The lowest BCUT2D eigenvalue weighted by molar-refractivity contribution is -0.647. The minimum absolute atomic E-state index is 0.917. The standard InChI is InChI=1S/C24H16N3O/c1-13-7-8-14-11-18-16(9-10-28-18)22-20(14)19(13)23-24-21(25-12-26(23)2)15-5-3-4-6-17(15)27(22)24/h3-12H,1-2H3/q+1. The summed E-state index contributed by atoms with van der Waals surface area (Å²) in [5.74, 6) is 0. The molecule has 0 fully saturated rings. The molecule has 7 rings (SSSR count). The normalized spacial score (nSPS) is 12.6. The number of aromatic nitrogens is 3. The predicted molar refractivity (Wildman–Crippen MR) is 112 cm³/mol. The van der Waals surface area contributed by atoms with Crippen molar-refractivity contribution in [1.29, 1.82) is 0 Å². The topological polar surface area (TPSA) is 34.3 Å². The summed E-state index contributed by atoms with van der Waals surface area (Å²) < 4.78 is 10.4. The Morgan fingerprint density at radius 3 is 2.79 bits per heavy atom. The van der Waals surface area contributed by atoms with Gasteiger partial charge in [-0.05, 0) is 47.1 Å². The number of hydrogen-bond acceptors (Lipinski definition) is 2.